The van der Waals surface area contributed by atoms with E-state index in [1.165, 1.54) is 0 Å². The van der Waals surface area contributed by atoms with Gasteiger partial charge in [0.05, 0.1) is 11.0 Å². The van der Waals surface area contributed by atoms with Gasteiger partial charge in [0.2, 0.25) is 0 Å². The summed E-state index contributed by atoms with van der Waals surface area (Å²) in [5.74, 6) is 0. The first kappa shape index (κ1) is 7.05. The number of fused-ring (bicyclic) bond motifs is 4. The quantitative estimate of drug-likeness (QED) is 0.469. The Morgan fingerprint density at radius 2 is 2.27 bits per heavy atom. The van der Waals surface area contributed by atoms with Crippen LogP contribution in [-0.4, -0.2) is 19.7 Å². The van der Waals surface area contributed by atoms with Gasteiger partial charge in [0.25, 0.3) is 0 Å². The van der Waals surface area contributed by atoms with Crippen LogP contribution in [0.2, 0.25) is 0 Å². The Bertz CT molecular complexity index is 770. The van der Waals surface area contributed by atoms with E-state index in [0.717, 1.165) is 27.7 Å². The van der Waals surface area contributed by atoms with Crippen LogP contribution in [0.4, 0.5) is 0 Å². The average Bonchev–Trinajstić information content (AvgIpc) is 2.86. The molecule has 1 N–H and O–H groups in total. The summed E-state index contributed by atoms with van der Waals surface area (Å²) in [4.78, 5) is 4.48. The van der Waals surface area contributed by atoms with Crippen molar-refractivity contribution < 1.29 is 4.63 Å². The van der Waals surface area contributed by atoms with Crippen LogP contribution < -0.4 is 0 Å². The minimum atomic E-state index is 0.811. The Morgan fingerprint density at radius 3 is 3.27 bits per heavy atom. The zero-order valence-electron chi connectivity index (χ0n) is 7.64. The maximum Gasteiger partial charge on any atom is 0.137 e. The third-order valence-corrected chi connectivity index (χ3v) is 2.61. The van der Waals surface area contributed by atoms with Crippen molar-refractivity contribution in [3.05, 3.63) is 30.5 Å². The average molecular weight is 198 g/mol. The molecule has 15 heavy (non-hydrogen) atoms. The molecular weight excluding hydrogens is 192 g/mol. The molecule has 0 radical (unpaired) electrons. The summed E-state index contributed by atoms with van der Waals surface area (Å²) in [7, 11) is 0. The molecule has 0 amide bonds. The van der Waals surface area contributed by atoms with Crippen LogP contribution in [0, 0.1) is 0 Å². The van der Waals surface area contributed by atoms with E-state index < -0.39 is 0 Å². The highest BCUT2D eigenvalue weighted by Gasteiger charge is 2.07. The molecule has 0 aliphatic heterocycles. The Labute approximate surface area is 83.3 Å². The number of hydrogen-bond acceptors (Lipinski definition) is 3. The Hall–Kier alpha value is -2.30. The summed E-state index contributed by atoms with van der Waals surface area (Å²) in [6.07, 6.45) is 1.99. The molecule has 0 bridgehead atoms. The molecular formula is C10H6N4O. The van der Waals surface area contributed by atoms with E-state index in [9.17, 15) is 0 Å². The van der Waals surface area contributed by atoms with E-state index in [4.69, 9.17) is 4.63 Å². The first-order valence-electron chi connectivity index (χ1n) is 4.62. The molecule has 0 saturated carbocycles. The lowest BCUT2D eigenvalue weighted by Gasteiger charge is -1.89. The maximum atomic E-state index is 4.79. The molecule has 0 spiro atoms. The molecule has 3 aromatic heterocycles. The number of nitrogens with one attached hydrogen (secondary N) is 1. The summed E-state index contributed by atoms with van der Waals surface area (Å²) in [6.45, 7) is 0. The van der Waals surface area contributed by atoms with Crippen molar-refractivity contribution in [2.24, 2.45) is 0 Å². The van der Waals surface area contributed by atoms with E-state index in [2.05, 4.69) is 15.3 Å². The number of benzene rings is 1. The topological polar surface area (TPSA) is 59.1 Å². The molecule has 0 unspecified atom stereocenters. The second-order valence-electron chi connectivity index (χ2n) is 3.49. The van der Waals surface area contributed by atoms with Gasteiger partial charge in [-0.1, -0.05) is 5.16 Å². The van der Waals surface area contributed by atoms with Crippen LogP contribution in [-0.2, 0) is 0 Å². The first-order chi connectivity index (χ1) is 7.42. The van der Waals surface area contributed by atoms with Crippen LogP contribution in [0.1, 0.15) is 0 Å². The zero-order valence-corrected chi connectivity index (χ0v) is 7.64. The molecule has 4 aromatic rings. The van der Waals surface area contributed by atoms with Crippen molar-refractivity contribution in [2.45, 2.75) is 0 Å². The van der Waals surface area contributed by atoms with Gasteiger partial charge in [-0.3, -0.25) is 9.03 Å². The van der Waals surface area contributed by atoms with Gasteiger partial charge >= 0.3 is 0 Å². The van der Waals surface area contributed by atoms with Crippen LogP contribution in [0.3, 0.4) is 0 Å². The molecule has 0 aliphatic carbocycles. The SMILES string of the molecule is c1cc2nc3cc4[nH]onc4cc3n2c1. The van der Waals surface area contributed by atoms with Crippen molar-refractivity contribution in [1.82, 2.24) is 19.7 Å². The zero-order chi connectivity index (χ0) is 9.83. The summed E-state index contributed by atoms with van der Waals surface area (Å²) < 4.78 is 6.82. The maximum absolute atomic E-state index is 4.79. The number of rotatable bonds is 0. The monoisotopic (exact) mass is 198 g/mol. The van der Waals surface area contributed by atoms with Gasteiger partial charge in [0.15, 0.2) is 0 Å². The third-order valence-electron chi connectivity index (χ3n) is 2.61. The van der Waals surface area contributed by atoms with E-state index in [1.54, 1.807) is 0 Å². The van der Waals surface area contributed by atoms with Gasteiger partial charge in [0, 0.05) is 6.20 Å². The molecule has 0 saturated heterocycles. The minimum Gasteiger partial charge on any atom is -0.300 e. The lowest BCUT2D eigenvalue weighted by molar-refractivity contribution is 0.315. The Balaban J connectivity index is 2.35. The highest BCUT2D eigenvalue weighted by Crippen LogP contribution is 2.21. The van der Waals surface area contributed by atoms with E-state index in [1.807, 2.05) is 34.9 Å². The van der Waals surface area contributed by atoms with Gasteiger partial charge in [0.1, 0.15) is 16.7 Å². The van der Waals surface area contributed by atoms with Crippen molar-refractivity contribution in [1.29, 1.82) is 0 Å². The molecule has 5 nitrogen and oxygen atoms in total. The number of imidazole rings is 1. The fourth-order valence-corrected chi connectivity index (χ4v) is 1.92. The minimum absolute atomic E-state index is 0.811. The lowest BCUT2D eigenvalue weighted by Crippen LogP contribution is -1.76. The van der Waals surface area contributed by atoms with Crippen molar-refractivity contribution in [2.75, 3.05) is 0 Å². The number of aromatic amines is 1. The second kappa shape index (κ2) is 2.20. The van der Waals surface area contributed by atoms with Gasteiger partial charge in [-0.2, -0.15) is 5.16 Å². The largest absolute Gasteiger partial charge is 0.300 e. The Kier molecular flexibility index (Phi) is 1.03. The fraction of sp³-hybridized carbons (Fsp3) is 0. The molecule has 4 rings (SSSR count). The fourth-order valence-electron chi connectivity index (χ4n) is 1.92. The number of H-pyrrole nitrogens is 1. The smallest absolute Gasteiger partial charge is 0.137 e. The van der Waals surface area contributed by atoms with Crippen molar-refractivity contribution in [3.63, 3.8) is 0 Å². The molecule has 72 valence electrons. The highest BCUT2D eigenvalue weighted by molar-refractivity contribution is 5.92. The summed E-state index contributed by atoms with van der Waals surface area (Å²) >= 11 is 0. The van der Waals surface area contributed by atoms with Gasteiger partial charge in [-0.25, -0.2) is 4.98 Å². The normalized spacial score (nSPS) is 12.0. The second-order valence-corrected chi connectivity index (χ2v) is 3.49. The van der Waals surface area contributed by atoms with E-state index >= 15 is 0 Å². The summed E-state index contributed by atoms with van der Waals surface area (Å²) in [5, 5.41) is 6.58. The van der Waals surface area contributed by atoms with Crippen LogP contribution in [0.15, 0.2) is 35.1 Å². The molecule has 0 fully saturated rings. The molecule has 0 aliphatic rings. The summed E-state index contributed by atoms with van der Waals surface area (Å²) in [6, 6.07) is 7.85. The molecule has 1 aromatic carbocycles. The molecule has 3 heterocycles. The van der Waals surface area contributed by atoms with Crippen LogP contribution in [0.5, 0.6) is 0 Å². The lowest BCUT2D eigenvalue weighted by atomic mass is 10.3. The van der Waals surface area contributed by atoms with Crippen LogP contribution in [0.25, 0.3) is 27.7 Å². The standard InChI is InChI=1S/C10H6N4O/c1-2-10-11-8-4-6-7(13-15-12-6)5-9(8)14(10)3-1/h1-5,12H. The predicted molar refractivity (Wildman–Crippen MR) is 54.6 cm³/mol. The van der Waals surface area contributed by atoms with E-state index in [0.29, 0.717) is 0 Å². The molecule has 0 atom stereocenters. The third kappa shape index (κ3) is 0.775. The van der Waals surface area contributed by atoms with E-state index in [-0.39, 0.29) is 0 Å². The highest BCUT2D eigenvalue weighted by atomic mass is 16.6. The van der Waals surface area contributed by atoms with Gasteiger partial charge in [-0.15, -0.1) is 0 Å². The van der Waals surface area contributed by atoms with Crippen LogP contribution >= 0.6 is 0 Å². The first-order valence-corrected chi connectivity index (χ1v) is 4.62. The summed E-state index contributed by atoms with van der Waals surface area (Å²) in [5.41, 5.74) is 4.62. The van der Waals surface area contributed by atoms with Gasteiger partial charge in [-0.05, 0) is 24.3 Å². The molecule has 5 heteroatoms. The van der Waals surface area contributed by atoms with Crippen molar-refractivity contribution in [3.8, 4) is 0 Å². The Morgan fingerprint density at radius 1 is 1.27 bits per heavy atom. The number of hydrogen-bond donors (Lipinski definition) is 1. The number of nitrogens with zero attached hydrogens (tertiary/aromatic N) is 3. The van der Waals surface area contributed by atoms with Gasteiger partial charge < -0.3 is 0 Å². The number of aromatic nitrogens is 4. The predicted octanol–water partition coefficient (Wildman–Crippen LogP) is 1.96. The van der Waals surface area contributed by atoms with Crippen molar-refractivity contribution >= 4 is 27.7 Å².